The summed E-state index contributed by atoms with van der Waals surface area (Å²) in [6.07, 6.45) is 1.50. The number of thiophene rings is 1. The molecule has 0 aliphatic rings. The Morgan fingerprint density at radius 2 is 2.31 bits per heavy atom. The van der Waals surface area contributed by atoms with E-state index in [9.17, 15) is 4.79 Å². The van der Waals surface area contributed by atoms with E-state index in [-0.39, 0.29) is 0 Å². The van der Waals surface area contributed by atoms with E-state index in [1.54, 1.807) is 17.4 Å². The first-order valence-electron chi connectivity index (χ1n) is 3.61. The Morgan fingerprint density at radius 1 is 1.54 bits per heavy atom. The van der Waals surface area contributed by atoms with Gasteiger partial charge in [0.2, 0.25) is 5.91 Å². The summed E-state index contributed by atoms with van der Waals surface area (Å²) in [6, 6.07) is 3.72. The Kier molecular flexibility index (Phi) is 2.02. The highest BCUT2D eigenvalue weighted by atomic mass is 32.1. The third-order valence-corrected chi connectivity index (χ3v) is 3.09. The van der Waals surface area contributed by atoms with Crippen molar-refractivity contribution in [1.82, 2.24) is 4.98 Å². The molecule has 2 heterocycles. The van der Waals surface area contributed by atoms with Crippen LogP contribution < -0.4 is 10.4 Å². The minimum Gasteiger partial charge on any atom is -0.366 e. The number of pyridine rings is 1. The first-order valence-corrected chi connectivity index (χ1v) is 5.01. The number of rotatable bonds is 1. The Bertz CT molecular complexity index is 480. The fourth-order valence-electron chi connectivity index (χ4n) is 1.07. The van der Waals surface area contributed by atoms with Crippen molar-refractivity contribution in [1.29, 1.82) is 0 Å². The molecule has 13 heavy (non-hydrogen) atoms. The van der Waals surface area contributed by atoms with Gasteiger partial charge in [-0.15, -0.1) is 11.3 Å². The maximum atomic E-state index is 10.8. The average Bonchev–Trinajstić information content (AvgIpc) is 2.42. The van der Waals surface area contributed by atoms with Gasteiger partial charge in [0, 0.05) is 10.8 Å². The molecule has 0 aliphatic carbocycles. The molecule has 2 aromatic rings. The highest BCUT2D eigenvalue weighted by Gasteiger charge is 2.04. The number of carbonyl (C=O) groups is 1. The summed E-state index contributed by atoms with van der Waals surface area (Å²) in [4.78, 5) is 15.0. The van der Waals surface area contributed by atoms with Crippen LogP contribution in [-0.4, -0.2) is 10.9 Å². The molecule has 1 amide bonds. The molecule has 66 valence electrons. The van der Waals surface area contributed by atoms with Crippen LogP contribution in [0.1, 0.15) is 10.4 Å². The lowest BCUT2D eigenvalue weighted by molar-refractivity contribution is 0.1000. The molecule has 2 rings (SSSR count). The smallest absolute Gasteiger partial charge is 0.250 e. The predicted octanol–water partition coefficient (Wildman–Crippen LogP) is 0.896. The molecular weight excluding hydrogens is 203 g/mol. The van der Waals surface area contributed by atoms with Gasteiger partial charge in [0.15, 0.2) is 0 Å². The van der Waals surface area contributed by atoms with Crippen molar-refractivity contribution in [3.05, 3.63) is 23.9 Å². The second kappa shape index (κ2) is 3.05. The van der Waals surface area contributed by atoms with E-state index in [2.05, 4.69) is 14.2 Å². The minimum atomic E-state index is -0.437. The van der Waals surface area contributed by atoms with Crippen LogP contribution in [0, 0.1) is 0 Å². The van der Waals surface area contributed by atoms with Crippen molar-refractivity contribution in [3.63, 3.8) is 0 Å². The first-order chi connectivity index (χ1) is 6.16. The molecule has 0 aliphatic heterocycles. The van der Waals surface area contributed by atoms with E-state index in [0.717, 1.165) is 14.8 Å². The summed E-state index contributed by atoms with van der Waals surface area (Å²) < 4.78 is 2.09. The standard InChI is InChI=1S/C8H7N2OPS/c9-8(11)4-1-6-5(10-3-4)2-7(12)13-6/h1-3H,12H2,(H2,9,11). The van der Waals surface area contributed by atoms with Crippen molar-refractivity contribution in [2.24, 2.45) is 5.73 Å². The molecule has 5 heteroatoms. The molecule has 3 nitrogen and oxygen atoms in total. The van der Waals surface area contributed by atoms with Crippen LogP contribution in [-0.2, 0) is 0 Å². The SMILES string of the molecule is NC(=O)c1cnc2cc(P)sc2c1. The van der Waals surface area contributed by atoms with Crippen LogP contribution in [0.4, 0.5) is 0 Å². The molecule has 0 fully saturated rings. The molecule has 2 N–H and O–H groups in total. The predicted molar refractivity (Wildman–Crippen MR) is 57.5 cm³/mol. The largest absolute Gasteiger partial charge is 0.366 e. The van der Waals surface area contributed by atoms with Gasteiger partial charge in [-0.25, -0.2) is 0 Å². The van der Waals surface area contributed by atoms with Gasteiger partial charge >= 0.3 is 0 Å². The van der Waals surface area contributed by atoms with E-state index in [1.165, 1.54) is 6.20 Å². The Hall–Kier alpha value is -0.990. The van der Waals surface area contributed by atoms with Crippen molar-refractivity contribution in [2.75, 3.05) is 0 Å². The zero-order valence-electron chi connectivity index (χ0n) is 6.65. The Labute approximate surface area is 81.2 Å². The lowest BCUT2D eigenvalue weighted by atomic mass is 10.2. The van der Waals surface area contributed by atoms with Gasteiger partial charge in [-0.3, -0.25) is 9.78 Å². The highest BCUT2D eigenvalue weighted by molar-refractivity contribution is 7.45. The van der Waals surface area contributed by atoms with Crippen LogP contribution in [0.5, 0.6) is 0 Å². The monoisotopic (exact) mass is 210 g/mol. The molecule has 1 atom stereocenters. The van der Waals surface area contributed by atoms with Crippen molar-refractivity contribution in [3.8, 4) is 0 Å². The second-order valence-corrected chi connectivity index (χ2v) is 4.78. The molecule has 2 aromatic heterocycles. The number of carbonyl (C=O) groups excluding carboxylic acids is 1. The van der Waals surface area contributed by atoms with Crippen LogP contribution in [0.2, 0.25) is 0 Å². The fraction of sp³-hybridized carbons (Fsp3) is 0. The number of hydrogen-bond acceptors (Lipinski definition) is 3. The quantitative estimate of drug-likeness (QED) is 0.711. The van der Waals surface area contributed by atoms with Gasteiger partial charge in [-0.2, -0.15) is 0 Å². The zero-order valence-corrected chi connectivity index (χ0v) is 8.62. The van der Waals surface area contributed by atoms with Crippen molar-refractivity contribution >= 4 is 41.3 Å². The second-order valence-electron chi connectivity index (χ2n) is 2.62. The van der Waals surface area contributed by atoms with Gasteiger partial charge in [0.05, 0.1) is 15.8 Å². The number of hydrogen-bond donors (Lipinski definition) is 1. The van der Waals surface area contributed by atoms with Crippen molar-refractivity contribution in [2.45, 2.75) is 0 Å². The molecule has 1 unspecified atom stereocenters. The Balaban J connectivity index is 2.67. The highest BCUT2D eigenvalue weighted by Crippen LogP contribution is 2.19. The third-order valence-electron chi connectivity index (χ3n) is 1.67. The molecule has 0 aromatic carbocycles. The third kappa shape index (κ3) is 1.55. The van der Waals surface area contributed by atoms with Gasteiger partial charge in [-0.1, -0.05) is 9.24 Å². The molecule has 0 saturated carbocycles. The zero-order chi connectivity index (χ0) is 9.42. The topological polar surface area (TPSA) is 56.0 Å². The summed E-state index contributed by atoms with van der Waals surface area (Å²) in [5.74, 6) is -0.437. The van der Waals surface area contributed by atoms with E-state index < -0.39 is 5.91 Å². The lowest BCUT2D eigenvalue weighted by Gasteiger charge is -1.93. The first kappa shape index (κ1) is 8.60. The molecule has 0 saturated heterocycles. The van der Waals surface area contributed by atoms with Crippen LogP contribution >= 0.6 is 20.6 Å². The maximum absolute atomic E-state index is 10.8. The number of nitrogens with two attached hydrogens (primary N) is 1. The summed E-state index contributed by atoms with van der Waals surface area (Å²) in [6.45, 7) is 0. The van der Waals surface area contributed by atoms with Gasteiger partial charge < -0.3 is 5.73 Å². The average molecular weight is 210 g/mol. The molecular formula is C8H7N2OPS. The number of aromatic nitrogens is 1. The molecule has 0 bridgehead atoms. The van der Waals surface area contributed by atoms with Gasteiger partial charge in [-0.05, 0) is 12.1 Å². The number of nitrogens with zero attached hydrogens (tertiary/aromatic N) is 1. The molecule has 0 spiro atoms. The number of amides is 1. The summed E-state index contributed by atoms with van der Waals surface area (Å²) >= 11 is 1.58. The van der Waals surface area contributed by atoms with E-state index >= 15 is 0 Å². The van der Waals surface area contributed by atoms with Crippen molar-refractivity contribution < 1.29 is 4.79 Å². The van der Waals surface area contributed by atoms with Crippen LogP contribution in [0.15, 0.2) is 18.3 Å². The summed E-state index contributed by atoms with van der Waals surface area (Å²) in [5.41, 5.74) is 6.49. The van der Waals surface area contributed by atoms with Crippen LogP contribution in [0.3, 0.4) is 0 Å². The lowest BCUT2D eigenvalue weighted by Crippen LogP contribution is -2.10. The Morgan fingerprint density at radius 3 is 3.00 bits per heavy atom. The summed E-state index contributed by atoms with van der Waals surface area (Å²) in [7, 11) is 2.61. The van der Waals surface area contributed by atoms with E-state index in [0.29, 0.717) is 5.56 Å². The number of fused-ring (bicyclic) bond motifs is 1. The number of primary amides is 1. The maximum Gasteiger partial charge on any atom is 0.250 e. The summed E-state index contributed by atoms with van der Waals surface area (Å²) in [5, 5.41) is 0. The normalized spacial score (nSPS) is 10.5. The van der Waals surface area contributed by atoms with Gasteiger partial charge in [0.1, 0.15) is 0 Å². The van der Waals surface area contributed by atoms with Crippen LogP contribution in [0.25, 0.3) is 10.2 Å². The van der Waals surface area contributed by atoms with E-state index in [1.807, 2.05) is 6.07 Å². The molecule has 0 radical (unpaired) electrons. The van der Waals surface area contributed by atoms with Gasteiger partial charge in [0.25, 0.3) is 0 Å². The fourth-order valence-corrected chi connectivity index (χ4v) is 2.44. The van der Waals surface area contributed by atoms with E-state index in [4.69, 9.17) is 5.73 Å². The minimum absolute atomic E-state index is 0.437.